The van der Waals surface area contributed by atoms with Gasteiger partial charge in [0.1, 0.15) is 17.8 Å². The number of carbonyl (C=O) groups excluding carboxylic acids is 1. The number of carbonyl (C=O) groups is 1. The molecule has 1 amide bonds. The first-order valence-corrected chi connectivity index (χ1v) is 15.0. The first-order valence-electron chi connectivity index (χ1n) is 13.5. The second kappa shape index (κ2) is 10.5. The second-order valence-corrected chi connectivity index (χ2v) is 11.8. The van der Waals surface area contributed by atoms with Crippen LogP contribution in [0, 0.1) is 19.7 Å². The number of aryl methyl sites for hydroxylation is 2. The van der Waals surface area contributed by atoms with E-state index in [9.17, 15) is 13.7 Å². The fourth-order valence-electron chi connectivity index (χ4n) is 6.20. The van der Waals surface area contributed by atoms with E-state index < -0.39 is 17.2 Å². The summed E-state index contributed by atoms with van der Waals surface area (Å²) in [6.45, 7) is 5.23. The molecular weight excluding hydrogens is 533 g/mol. The van der Waals surface area contributed by atoms with Gasteiger partial charge in [0.05, 0.1) is 29.9 Å². The molecule has 4 heterocycles. The van der Waals surface area contributed by atoms with Crippen LogP contribution in [0.15, 0.2) is 40.9 Å². The van der Waals surface area contributed by atoms with E-state index in [-0.39, 0.29) is 23.7 Å². The summed E-state index contributed by atoms with van der Waals surface area (Å²) >= 11 is -1.02. The second-order valence-electron chi connectivity index (χ2n) is 10.5. The summed E-state index contributed by atoms with van der Waals surface area (Å²) in [4.78, 5) is 20.0. The number of hydrogen-bond acceptors (Lipinski definition) is 7. The standard InChI is InChI=1S/C29H32FN5O4S/c1-17-28(18(2)39-32-17)19-5-7-24-23(15-19)31-29(35(24)20-11-13-33(14-12-20)40(4)37)25-8-10-27(36)34(25)21-6-9-26(38-3)22(30)16-21/h5-7,9,15-16,20,25H,8,10-14H2,1-4H3/t25-,40?/m0/s1. The van der Waals surface area contributed by atoms with Gasteiger partial charge in [0, 0.05) is 54.2 Å². The molecule has 6 rings (SSSR count). The van der Waals surface area contributed by atoms with E-state index in [1.165, 1.54) is 13.2 Å². The van der Waals surface area contributed by atoms with Crippen LogP contribution in [-0.4, -0.2) is 55.9 Å². The molecule has 210 valence electrons. The summed E-state index contributed by atoms with van der Waals surface area (Å²) in [5.41, 5.74) is 4.99. The summed E-state index contributed by atoms with van der Waals surface area (Å²) in [6.07, 6.45) is 4.25. The fourth-order valence-corrected chi connectivity index (χ4v) is 6.93. The summed E-state index contributed by atoms with van der Waals surface area (Å²) in [6, 6.07) is 10.6. The van der Waals surface area contributed by atoms with Gasteiger partial charge in [0.2, 0.25) is 5.91 Å². The van der Waals surface area contributed by atoms with Crippen molar-refractivity contribution in [3.8, 4) is 16.9 Å². The lowest BCUT2D eigenvalue weighted by Gasteiger charge is -2.34. The predicted octanol–water partition coefficient (Wildman–Crippen LogP) is 5.25. The third-order valence-electron chi connectivity index (χ3n) is 8.11. The fraction of sp³-hybridized carbons (Fsp3) is 0.414. The molecule has 0 bridgehead atoms. The van der Waals surface area contributed by atoms with Gasteiger partial charge in [0.25, 0.3) is 0 Å². The Bertz CT molecular complexity index is 1560. The van der Waals surface area contributed by atoms with Crippen LogP contribution in [0.2, 0.25) is 0 Å². The predicted molar refractivity (Wildman–Crippen MR) is 151 cm³/mol. The van der Waals surface area contributed by atoms with Gasteiger partial charge in [-0.25, -0.2) is 9.37 Å². The van der Waals surface area contributed by atoms with E-state index in [4.69, 9.17) is 14.2 Å². The van der Waals surface area contributed by atoms with Crippen molar-refractivity contribution in [3.63, 3.8) is 0 Å². The van der Waals surface area contributed by atoms with E-state index in [0.29, 0.717) is 31.6 Å². The molecule has 2 atom stereocenters. The van der Waals surface area contributed by atoms with E-state index in [1.807, 2.05) is 24.2 Å². The summed E-state index contributed by atoms with van der Waals surface area (Å²) in [5, 5.41) is 4.11. The van der Waals surface area contributed by atoms with Gasteiger partial charge >= 0.3 is 0 Å². The minimum Gasteiger partial charge on any atom is -0.598 e. The van der Waals surface area contributed by atoms with Gasteiger partial charge in [-0.15, -0.1) is 4.31 Å². The number of methoxy groups -OCH3 is 1. The number of imidazole rings is 1. The Balaban J connectivity index is 1.47. The first kappa shape index (κ1) is 26.8. The zero-order valence-electron chi connectivity index (χ0n) is 23.0. The Morgan fingerprint density at radius 2 is 1.90 bits per heavy atom. The zero-order valence-corrected chi connectivity index (χ0v) is 23.8. The maximum Gasteiger partial charge on any atom is 0.227 e. The number of rotatable bonds is 6. The van der Waals surface area contributed by atoms with Crippen LogP contribution in [0.5, 0.6) is 5.75 Å². The van der Waals surface area contributed by atoms with Crippen molar-refractivity contribution < 1.29 is 23.0 Å². The van der Waals surface area contributed by atoms with Gasteiger partial charge in [0.15, 0.2) is 11.6 Å². The molecule has 0 N–H and O–H groups in total. The lowest BCUT2D eigenvalue weighted by atomic mass is 10.0. The molecule has 1 unspecified atom stereocenters. The number of anilines is 1. The zero-order chi connectivity index (χ0) is 28.1. The average molecular weight is 566 g/mol. The monoisotopic (exact) mass is 565 g/mol. The van der Waals surface area contributed by atoms with Crippen molar-refractivity contribution in [2.45, 2.75) is 51.6 Å². The van der Waals surface area contributed by atoms with Crippen molar-refractivity contribution in [3.05, 3.63) is 59.5 Å². The highest BCUT2D eigenvalue weighted by Gasteiger charge is 2.39. The number of benzene rings is 2. The molecular formula is C29H32FN5O4S. The van der Waals surface area contributed by atoms with Gasteiger partial charge in [-0.1, -0.05) is 11.2 Å². The quantitative estimate of drug-likeness (QED) is 0.294. The van der Waals surface area contributed by atoms with Crippen LogP contribution >= 0.6 is 0 Å². The lowest BCUT2D eigenvalue weighted by molar-refractivity contribution is -0.117. The highest BCUT2D eigenvalue weighted by Crippen LogP contribution is 2.42. The van der Waals surface area contributed by atoms with Crippen molar-refractivity contribution >= 4 is 34.0 Å². The molecule has 2 fully saturated rings. The lowest BCUT2D eigenvalue weighted by Crippen LogP contribution is -2.39. The molecule has 2 aliphatic heterocycles. The number of ether oxygens (including phenoxy) is 1. The number of aromatic nitrogens is 3. The minimum absolute atomic E-state index is 0.0687. The molecule has 0 radical (unpaired) electrons. The van der Waals surface area contributed by atoms with Gasteiger partial charge in [-0.05, 0) is 62.9 Å². The highest BCUT2D eigenvalue weighted by molar-refractivity contribution is 7.88. The molecule has 40 heavy (non-hydrogen) atoms. The Hall–Kier alpha value is -3.41. The largest absolute Gasteiger partial charge is 0.598 e. The number of halogens is 1. The van der Waals surface area contributed by atoms with E-state index in [0.717, 1.165) is 52.3 Å². The van der Waals surface area contributed by atoms with E-state index >= 15 is 0 Å². The van der Waals surface area contributed by atoms with Crippen LogP contribution in [0.3, 0.4) is 0 Å². The SMILES string of the molecule is COc1ccc(N2C(=O)CC[C@H]2c2nc3cc(-c4c(C)noc4C)ccc3n2C2CCN([S+](C)[O-])CC2)cc1F. The van der Waals surface area contributed by atoms with Crippen molar-refractivity contribution in [1.82, 2.24) is 19.0 Å². The third kappa shape index (κ3) is 4.55. The molecule has 9 nitrogen and oxygen atoms in total. The Morgan fingerprint density at radius 1 is 1.12 bits per heavy atom. The molecule has 0 saturated carbocycles. The molecule has 0 spiro atoms. The average Bonchev–Trinajstić information content (AvgIpc) is 3.62. The first-order chi connectivity index (χ1) is 19.3. The number of fused-ring (bicyclic) bond motifs is 1. The van der Waals surface area contributed by atoms with Crippen LogP contribution in [0.1, 0.15) is 55.0 Å². The van der Waals surface area contributed by atoms with Gasteiger partial charge in [-0.2, -0.15) is 0 Å². The van der Waals surface area contributed by atoms with Gasteiger partial charge < -0.3 is 23.3 Å². The molecule has 2 aromatic heterocycles. The normalized spacial score (nSPS) is 19.6. The smallest absolute Gasteiger partial charge is 0.227 e. The molecule has 2 aliphatic rings. The number of nitrogens with zero attached hydrogens (tertiary/aromatic N) is 5. The highest BCUT2D eigenvalue weighted by atomic mass is 32.2. The van der Waals surface area contributed by atoms with Crippen molar-refractivity contribution in [2.24, 2.45) is 0 Å². The molecule has 0 aliphatic carbocycles. The van der Waals surface area contributed by atoms with Crippen LogP contribution < -0.4 is 9.64 Å². The van der Waals surface area contributed by atoms with Crippen LogP contribution in [-0.2, 0) is 16.2 Å². The minimum atomic E-state index is -1.02. The van der Waals surface area contributed by atoms with Crippen LogP contribution in [0.25, 0.3) is 22.2 Å². The Kier molecular flexibility index (Phi) is 7.05. The maximum atomic E-state index is 14.7. The summed E-state index contributed by atoms with van der Waals surface area (Å²) in [5.74, 6) is 1.07. The third-order valence-corrected chi connectivity index (χ3v) is 9.21. The molecule has 2 saturated heterocycles. The number of hydrogen-bond donors (Lipinski definition) is 0. The van der Waals surface area contributed by atoms with Crippen molar-refractivity contribution in [1.29, 1.82) is 0 Å². The van der Waals surface area contributed by atoms with E-state index in [2.05, 4.69) is 21.9 Å². The number of amides is 1. The van der Waals surface area contributed by atoms with Crippen LogP contribution in [0.4, 0.5) is 10.1 Å². The molecule has 4 aromatic rings. The van der Waals surface area contributed by atoms with Gasteiger partial charge in [-0.3, -0.25) is 4.79 Å². The number of piperidine rings is 1. The Labute approximate surface area is 235 Å². The van der Waals surface area contributed by atoms with Crippen molar-refractivity contribution in [2.75, 3.05) is 31.4 Å². The van der Waals surface area contributed by atoms with E-state index in [1.54, 1.807) is 23.3 Å². The summed E-state index contributed by atoms with van der Waals surface area (Å²) in [7, 11) is 1.42. The topological polar surface area (TPSA) is 99.7 Å². The summed E-state index contributed by atoms with van der Waals surface area (Å²) < 4.78 is 41.6. The molecule has 2 aromatic carbocycles. The Morgan fingerprint density at radius 3 is 2.55 bits per heavy atom. The maximum absolute atomic E-state index is 14.7. The molecule has 11 heteroatoms.